The maximum absolute atomic E-state index is 12.2. The van der Waals surface area contributed by atoms with Crippen LogP contribution in [0.3, 0.4) is 0 Å². The Morgan fingerprint density at radius 3 is 2.90 bits per heavy atom. The van der Waals surface area contributed by atoms with Crippen LogP contribution in [0.15, 0.2) is 9.82 Å². The number of nitrogens with zero attached hydrogens (tertiary/aromatic N) is 1. The molecule has 20 heavy (non-hydrogen) atoms. The average molecular weight is 297 g/mol. The molecule has 2 unspecified atom stereocenters. The highest BCUT2D eigenvalue weighted by Crippen LogP contribution is 2.25. The number of carbonyl (C=O) groups excluding carboxylic acids is 1. The van der Waals surface area contributed by atoms with Crippen LogP contribution in [0.4, 0.5) is 0 Å². The summed E-state index contributed by atoms with van der Waals surface area (Å²) in [5.41, 5.74) is 0.510. The van der Waals surface area contributed by atoms with Crippen molar-refractivity contribution in [3.05, 3.63) is 21.7 Å². The molecule has 1 fully saturated rings. The fourth-order valence-electron chi connectivity index (χ4n) is 2.53. The van der Waals surface area contributed by atoms with E-state index >= 15 is 0 Å². The Kier molecular flexibility index (Phi) is 4.82. The summed E-state index contributed by atoms with van der Waals surface area (Å²) in [7, 11) is 0. The van der Waals surface area contributed by atoms with Gasteiger partial charge in [0.05, 0.1) is 11.7 Å². The maximum Gasteiger partial charge on any atom is 0.346 e. The number of hydrogen-bond acceptors (Lipinski definition) is 5. The second-order valence-corrected chi connectivity index (χ2v) is 5.89. The van der Waals surface area contributed by atoms with E-state index in [1.807, 2.05) is 0 Å². The predicted molar refractivity (Wildman–Crippen MR) is 77.1 cm³/mol. The molecule has 110 valence electrons. The zero-order valence-corrected chi connectivity index (χ0v) is 12.4. The number of carbonyl (C=O) groups is 1. The Labute approximate surface area is 121 Å². The number of hydrogen-bond donors (Lipinski definition) is 3. The third kappa shape index (κ3) is 3.40. The Morgan fingerprint density at radius 1 is 1.55 bits per heavy atom. The van der Waals surface area contributed by atoms with Crippen molar-refractivity contribution in [1.82, 2.24) is 15.3 Å². The van der Waals surface area contributed by atoms with E-state index in [4.69, 9.17) is 0 Å². The zero-order chi connectivity index (χ0) is 14.7. The first-order valence-electron chi connectivity index (χ1n) is 6.62. The highest BCUT2D eigenvalue weighted by atomic mass is 32.2. The van der Waals surface area contributed by atoms with Crippen molar-refractivity contribution in [2.24, 2.45) is 5.92 Å². The zero-order valence-electron chi connectivity index (χ0n) is 11.6. The molecule has 0 radical (unpaired) electrons. The fourth-order valence-corrected chi connectivity index (χ4v) is 3.16. The number of aryl methyl sites for hydroxylation is 1. The summed E-state index contributed by atoms with van der Waals surface area (Å²) in [6.07, 6.45) is 4.01. The van der Waals surface area contributed by atoms with Crippen LogP contribution in [0, 0.1) is 12.8 Å². The molecule has 1 saturated carbocycles. The van der Waals surface area contributed by atoms with Crippen molar-refractivity contribution in [2.45, 2.75) is 37.3 Å². The smallest absolute Gasteiger partial charge is 0.346 e. The minimum Gasteiger partial charge on any atom is -0.393 e. The van der Waals surface area contributed by atoms with Gasteiger partial charge in [0.2, 0.25) is 0 Å². The summed E-state index contributed by atoms with van der Waals surface area (Å²) >= 11 is 1.28. The first-order valence-corrected chi connectivity index (χ1v) is 7.85. The molecule has 1 aliphatic rings. The van der Waals surface area contributed by atoms with Crippen LogP contribution in [0.5, 0.6) is 0 Å². The molecule has 1 aromatic heterocycles. The second-order valence-electron chi connectivity index (χ2n) is 5.09. The highest BCUT2D eigenvalue weighted by molar-refractivity contribution is 7.98. The van der Waals surface area contributed by atoms with Gasteiger partial charge < -0.3 is 15.4 Å². The van der Waals surface area contributed by atoms with Crippen molar-refractivity contribution in [1.29, 1.82) is 0 Å². The van der Waals surface area contributed by atoms with E-state index in [-0.39, 0.29) is 12.0 Å². The van der Waals surface area contributed by atoms with Gasteiger partial charge in [0.25, 0.3) is 5.91 Å². The Morgan fingerprint density at radius 2 is 2.30 bits per heavy atom. The third-order valence-electron chi connectivity index (χ3n) is 3.57. The molecule has 0 saturated heterocycles. The quantitative estimate of drug-likeness (QED) is 0.561. The van der Waals surface area contributed by atoms with E-state index < -0.39 is 5.69 Å². The van der Waals surface area contributed by atoms with Crippen LogP contribution in [0.1, 0.15) is 35.3 Å². The van der Waals surface area contributed by atoms with E-state index in [9.17, 15) is 14.7 Å². The number of aliphatic hydroxyl groups excluding tert-OH is 1. The summed E-state index contributed by atoms with van der Waals surface area (Å²) in [4.78, 5) is 29.9. The van der Waals surface area contributed by atoms with Gasteiger partial charge >= 0.3 is 5.69 Å². The lowest BCUT2D eigenvalue weighted by Gasteiger charge is -2.13. The van der Waals surface area contributed by atoms with Crippen molar-refractivity contribution < 1.29 is 9.90 Å². The van der Waals surface area contributed by atoms with Crippen molar-refractivity contribution in [2.75, 3.05) is 12.8 Å². The van der Waals surface area contributed by atoms with Gasteiger partial charge in [-0.15, -0.1) is 11.8 Å². The molecule has 2 rings (SSSR count). The molecule has 3 N–H and O–H groups in total. The van der Waals surface area contributed by atoms with Gasteiger partial charge in [-0.1, -0.05) is 0 Å². The molecule has 0 aliphatic heterocycles. The standard InChI is InChI=1S/C13H19N3O3S/c1-7-10(12(20-2)16-13(19)15-7)11(18)14-6-8-3-4-9(17)5-8/h8-9,17H,3-6H2,1-2H3,(H,14,18)(H,15,16,19). The third-order valence-corrected chi connectivity index (χ3v) is 4.25. The van der Waals surface area contributed by atoms with E-state index in [2.05, 4.69) is 15.3 Å². The van der Waals surface area contributed by atoms with E-state index in [0.29, 0.717) is 28.7 Å². The van der Waals surface area contributed by atoms with Gasteiger partial charge in [-0.2, -0.15) is 4.98 Å². The minimum absolute atomic E-state index is 0.225. The number of thioether (sulfide) groups is 1. The number of H-pyrrole nitrogens is 1. The normalized spacial score (nSPS) is 21.9. The van der Waals surface area contributed by atoms with Gasteiger partial charge in [0.15, 0.2) is 0 Å². The molecule has 2 atom stereocenters. The fraction of sp³-hybridized carbons (Fsp3) is 0.615. The summed E-state index contributed by atoms with van der Waals surface area (Å²) in [6, 6.07) is 0. The summed E-state index contributed by atoms with van der Waals surface area (Å²) in [5, 5.41) is 12.8. The van der Waals surface area contributed by atoms with E-state index in [1.54, 1.807) is 13.2 Å². The van der Waals surface area contributed by atoms with E-state index in [1.165, 1.54) is 11.8 Å². The molecule has 0 aromatic carbocycles. The highest BCUT2D eigenvalue weighted by Gasteiger charge is 2.24. The van der Waals surface area contributed by atoms with Crippen LogP contribution in [0.25, 0.3) is 0 Å². The lowest BCUT2D eigenvalue weighted by molar-refractivity contribution is 0.0940. The Balaban J connectivity index is 2.07. The molecule has 7 heteroatoms. The predicted octanol–water partition coefficient (Wildman–Crippen LogP) is 0.691. The van der Waals surface area contributed by atoms with Gasteiger partial charge in [-0.05, 0) is 38.4 Å². The van der Waals surface area contributed by atoms with Crippen molar-refractivity contribution in [3.8, 4) is 0 Å². The number of nitrogens with one attached hydrogen (secondary N) is 2. The van der Waals surface area contributed by atoms with Gasteiger partial charge in [-0.3, -0.25) is 4.79 Å². The van der Waals surface area contributed by atoms with Crippen LogP contribution in [-0.2, 0) is 0 Å². The Bertz CT molecular complexity index is 558. The van der Waals surface area contributed by atoms with Crippen LogP contribution in [-0.4, -0.2) is 39.9 Å². The first kappa shape index (κ1) is 15.1. The van der Waals surface area contributed by atoms with Crippen molar-refractivity contribution >= 4 is 17.7 Å². The summed E-state index contributed by atoms with van der Waals surface area (Å²) in [6.45, 7) is 2.24. The first-order chi connectivity index (χ1) is 9.51. The Hall–Kier alpha value is -1.34. The average Bonchev–Trinajstić information content (AvgIpc) is 2.80. The number of aromatic amines is 1. The molecular weight excluding hydrogens is 278 g/mol. The summed E-state index contributed by atoms with van der Waals surface area (Å²) < 4.78 is 0. The topological polar surface area (TPSA) is 95.1 Å². The number of aromatic nitrogens is 2. The monoisotopic (exact) mass is 297 g/mol. The summed E-state index contributed by atoms with van der Waals surface area (Å²) in [5.74, 6) is 0.0969. The molecule has 0 bridgehead atoms. The molecule has 1 aliphatic carbocycles. The largest absolute Gasteiger partial charge is 0.393 e. The lowest BCUT2D eigenvalue weighted by atomic mass is 10.1. The minimum atomic E-state index is -0.442. The van der Waals surface area contributed by atoms with Crippen LogP contribution in [0.2, 0.25) is 0 Å². The lowest BCUT2D eigenvalue weighted by Crippen LogP contribution is -2.31. The molecular formula is C13H19N3O3S. The van der Waals surface area contributed by atoms with Crippen LogP contribution < -0.4 is 11.0 Å². The van der Waals surface area contributed by atoms with E-state index in [0.717, 1.165) is 19.3 Å². The second kappa shape index (κ2) is 6.41. The molecule has 1 amide bonds. The van der Waals surface area contributed by atoms with Crippen LogP contribution >= 0.6 is 11.8 Å². The maximum atomic E-state index is 12.2. The molecule has 1 heterocycles. The number of aliphatic hydroxyl groups is 1. The SMILES string of the molecule is CSc1nc(=O)[nH]c(C)c1C(=O)NCC1CCC(O)C1. The van der Waals surface area contributed by atoms with Gasteiger partial charge in [-0.25, -0.2) is 4.79 Å². The number of rotatable bonds is 4. The molecule has 6 nitrogen and oxygen atoms in total. The molecule has 1 aromatic rings. The number of amides is 1. The molecule has 0 spiro atoms. The van der Waals surface area contributed by atoms with Gasteiger partial charge in [0, 0.05) is 12.2 Å². The van der Waals surface area contributed by atoms with Crippen molar-refractivity contribution in [3.63, 3.8) is 0 Å². The van der Waals surface area contributed by atoms with Gasteiger partial charge in [0.1, 0.15) is 5.03 Å².